The van der Waals surface area contributed by atoms with E-state index in [1.165, 1.54) is 5.56 Å². The number of hydrogen-bond donors (Lipinski definition) is 3. The number of hydrogen-bond acceptors (Lipinski definition) is 5. The van der Waals surface area contributed by atoms with Gasteiger partial charge in [-0.15, -0.1) is 0 Å². The number of amides is 2. The number of aliphatic hydroxyl groups is 1. The standard InChI is InChI=1S/C42H45N3O4/c1-30(33-13-7-4-8-14-33)45(2)28-38-25-40(35-19-17-32(29-46)18-20-35)49-41(48-38)36-23-21-34(22-24-36)39-16-10-9-15-37(39)27-44-42(47)43-26-31-11-5-3-6-12-31/h3-24,30,38,40-41,46H,25-29H2,1-2H3,(H2,43,44,47). The van der Waals surface area contributed by atoms with E-state index in [0.717, 1.165) is 51.9 Å². The first kappa shape index (κ1) is 34.1. The van der Waals surface area contributed by atoms with E-state index < -0.39 is 6.29 Å². The third-order valence-electron chi connectivity index (χ3n) is 9.30. The number of likely N-dealkylation sites (N-methyl/N-ethyl adjacent to an activating group) is 1. The van der Waals surface area contributed by atoms with Crippen molar-refractivity contribution in [1.29, 1.82) is 0 Å². The van der Waals surface area contributed by atoms with E-state index in [2.05, 4.69) is 84.1 Å². The van der Waals surface area contributed by atoms with E-state index in [-0.39, 0.29) is 30.9 Å². The molecule has 1 fully saturated rings. The largest absolute Gasteiger partial charge is 0.392 e. The summed E-state index contributed by atoms with van der Waals surface area (Å²) in [5.41, 5.74) is 8.33. The van der Waals surface area contributed by atoms with Crippen LogP contribution in [0, 0.1) is 0 Å². The third-order valence-corrected chi connectivity index (χ3v) is 9.30. The Labute approximate surface area is 289 Å². The lowest BCUT2D eigenvalue weighted by atomic mass is 9.97. The molecule has 4 atom stereocenters. The Morgan fingerprint density at radius 1 is 0.755 bits per heavy atom. The van der Waals surface area contributed by atoms with Gasteiger partial charge in [0.05, 0.1) is 18.8 Å². The molecule has 0 aliphatic carbocycles. The van der Waals surface area contributed by atoms with E-state index in [4.69, 9.17) is 9.47 Å². The van der Waals surface area contributed by atoms with Crippen LogP contribution in [-0.4, -0.2) is 35.7 Å². The maximum atomic E-state index is 12.6. The normalized spacial score (nSPS) is 18.2. The van der Waals surface area contributed by atoms with Crippen LogP contribution in [0.4, 0.5) is 4.79 Å². The van der Waals surface area contributed by atoms with Crippen LogP contribution in [0.3, 0.4) is 0 Å². The van der Waals surface area contributed by atoms with E-state index in [1.54, 1.807) is 0 Å². The molecule has 252 valence electrons. The Balaban J connectivity index is 1.15. The van der Waals surface area contributed by atoms with Crippen LogP contribution >= 0.6 is 0 Å². The molecule has 1 saturated heterocycles. The molecular formula is C42H45N3O4. The fourth-order valence-corrected chi connectivity index (χ4v) is 6.29. The molecule has 2 amide bonds. The van der Waals surface area contributed by atoms with Crippen LogP contribution in [0.2, 0.25) is 0 Å². The van der Waals surface area contributed by atoms with Gasteiger partial charge in [-0.05, 0) is 52.9 Å². The lowest BCUT2D eigenvalue weighted by molar-refractivity contribution is -0.253. The Hall–Kier alpha value is -4.79. The maximum Gasteiger partial charge on any atom is 0.315 e. The molecule has 0 saturated carbocycles. The van der Waals surface area contributed by atoms with E-state index in [0.29, 0.717) is 13.1 Å². The summed E-state index contributed by atoms with van der Waals surface area (Å²) >= 11 is 0. The van der Waals surface area contributed by atoms with Crippen LogP contribution in [0.15, 0.2) is 133 Å². The van der Waals surface area contributed by atoms with Crippen molar-refractivity contribution in [1.82, 2.24) is 15.5 Å². The fraction of sp³-hybridized carbons (Fsp3) is 0.262. The number of carbonyl (C=O) groups is 1. The predicted octanol–water partition coefficient (Wildman–Crippen LogP) is 8.08. The average Bonchev–Trinajstić information content (AvgIpc) is 3.16. The second-order valence-corrected chi connectivity index (χ2v) is 12.7. The molecule has 0 bridgehead atoms. The molecule has 7 heteroatoms. The molecule has 7 nitrogen and oxygen atoms in total. The fourth-order valence-electron chi connectivity index (χ4n) is 6.29. The molecular weight excluding hydrogens is 610 g/mol. The van der Waals surface area contributed by atoms with Gasteiger partial charge in [0.1, 0.15) is 0 Å². The van der Waals surface area contributed by atoms with Gasteiger partial charge < -0.3 is 25.2 Å². The molecule has 0 radical (unpaired) electrons. The average molecular weight is 656 g/mol. The highest BCUT2D eigenvalue weighted by molar-refractivity contribution is 5.75. The van der Waals surface area contributed by atoms with Crippen molar-refractivity contribution in [3.63, 3.8) is 0 Å². The summed E-state index contributed by atoms with van der Waals surface area (Å²) in [6, 6.07) is 44.9. The van der Waals surface area contributed by atoms with Crippen LogP contribution in [0.1, 0.15) is 65.2 Å². The first-order chi connectivity index (χ1) is 24.0. The Kier molecular flexibility index (Phi) is 11.5. The van der Waals surface area contributed by atoms with Crippen molar-refractivity contribution in [3.8, 4) is 11.1 Å². The molecule has 1 aliphatic heterocycles. The maximum absolute atomic E-state index is 12.6. The minimum atomic E-state index is -0.541. The molecule has 6 rings (SSSR count). The molecule has 0 spiro atoms. The van der Waals surface area contributed by atoms with Gasteiger partial charge >= 0.3 is 6.03 Å². The number of aliphatic hydroxyl groups excluding tert-OH is 1. The number of benzene rings is 5. The van der Waals surface area contributed by atoms with Crippen molar-refractivity contribution in [2.75, 3.05) is 13.6 Å². The molecule has 5 aromatic rings. The van der Waals surface area contributed by atoms with Gasteiger partial charge in [0.15, 0.2) is 6.29 Å². The Bertz CT molecular complexity index is 1760. The van der Waals surface area contributed by atoms with Gasteiger partial charge in [-0.25, -0.2) is 4.79 Å². The highest BCUT2D eigenvalue weighted by Crippen LogP contribution is 2.39. The van der Waals surface area contributed by atoms with Gasteiger partial charge in [0, 0.05) is 37.7 Å². The SMILES string of the molecule is CC(c1ccccc1)N(C)CC1CC(c2ccc(CO)cc2)OC(c2ccc(-c3ccccc3CNC(=O)NCc3ccccc3)cc2)O1. The van der Waals surface area contributed by atoms with Crippen LogP contribution in [0.25, 0.3) is 11.1 Å². The van der Waals surface area contributed by atoms with Gasteiger partial charge in [0.25, 0.3) is 0 Å². The summed E-state index contributed by atoms with van der Waals surface area (Å²) in [6.07, 6.45) is -0.0348. The number of nitrogens with one attached hydrogen (secondary N) is 2. The number of urea groups is 1. The van der Waals surface area contributed by atoms with Crippen LogP contribution in [-0.2, 0) is 29.2 Å². The zero-order valence-electron chi connectivity index (χ0n) is 28.2. The highest BCUT2D eigenvalue weighted by Gasteiger charge is 2.33. The number of rotatable bonds is 12. The predicted molar refractivity (Wildman–Crippen MR) is 193 cm³/mol. The van der Waals surface area contributed by atoms with E-state index >= 15 is 0 Å². The smallest absolute Gasteiger partial charge is 0.315 e. The summed E-state index contributed by atoms with van der Waals surface area (Å²) in [4.78, 5) is 14.9. The summed E-state index contributed by atoms with van der Waals surface area (Å²) in [7, 11) is 2.14. The van der Waals surface area contributed by atoms with Crippen molar-refractivity contribution in [2.45, 2.75) is 57.6 Å². The lowest BCUT2D eigenvalue weighted by Gasteiger charge is -2.39. The topological polar surface area (TPSA) is 83.1 Å². The number of ether oxygens (including phenoxy) is 2. The summed E-state index contributed by atoms with van der Waals surface area (Å²) in [5, 5.41) is 15.5. The summed E-state index contributed by atoms with van der Waals surface area (Å²) in [5.74, 6) is 0. The van der Waals surface area contributed by atoms with Gasteiger partial charge in [-0.1, -0.05) is 133 Å². The van der Waals surface area contributed by atoms with E-state index in [9.17, 15) is 9.90 Å². The van der Waals surface area contributed by atoms with Crippen LogP contribution in [0.5, 0.6) is 0 Å². The first-order valence-electron chi connectivity index (χ1n) is 17.0. The third kappa shape index (κ3) is 9.02. The molecule has 0 aromatic heterocycles. The molecule has 1 heterocycles. The second-order valence-electron chi connectivity index (χ2n) is 12.7. The molecule has 4 unspecified atom stereocenters. The van der Waals surface area contributed by atoms with Crippen LogP contribution < -0.4 is 10.6 Å². The molecule has 5 aromatic carbocycles. The van der Waals surface area contributed by atoms with Crippen molar-refractivity contribution >= 4 is 6.03 Å². The van der Waals surface area contributed by atoms with Gasteiger partial charge in [-0.3, -0.25) is 4.90 Å². The minimum absolute atomic E-state index is 0.00926. The molecule has 3 N–H and O–H groups in total. The Morgan fingerprint density at radius 3 is 2.10 bits per heavy atom. The Morgan fingerprint density at radius 2 is 1.39 bits per heavy atom. The highest BCUT2D eigenvalue weighted by atomic mass is 16.7. The summed E-state index contributed by atoms with van der Waals surface area (Å²) in [6.45, 7) is 3.86. The quantitative estimate of drug-likeness (QED) is 0.127. The van der Waals surface area contributed by atoms with Crippen molar-refractivity contribution < 1.29 is 19.4 Å². The van der Waals surface area contributed by atoms with Gasteiger partial charge in [-0.2, -0.15) is 0 Å². The zero-order valence-corrected chi connectivity index (χ0v) is 28.2. The molecule has 49 heavy (non-hydrogen) atoms. The first-order valence-corrected chi connectivity index (χ1v) is 17.0. The van der Waals surface area contributed by atoms with E-state index in [1.807, 2.05) is 78.9 Å². The molecule has 1 aliphatic rings. The monoisotopic (exact) mass is 655 g/mol. The second kappa shape index (κ2) is 16.5. The minimum Gasteiger partial charge on any atom is -0.392 e. The summed E-state index contributed by atoms with van der Waals surface area (Å²) < 4.78 is 13.3. The van der Waals surface area contributed by atoms with Crippen molar-refractivity contribution in [2.24, 2.45) is 0 Å². The number of carbonyl (C=O) groups excluding carboxylic acids is 1. The zero-order chi connectivity index (χ0) is 34.0. The van der Waals surface area contributed by atoms with Gasteiger partial charge in [0.2, 0.25) is 0 Å². The number of nitrogens with zero attached hydrogens (tertiary/aromatic N) is 1. The lowest BCUT2D eigenvalue weighted by Crippen LogP contribution is -2.38. The van der Waals surface area contributed by atoms with Crippen molar-refractivity contribution in [3.05, 3.63) is 167 Å².